The smallest absolute Gasteiger partial charge is 0.227 e. The number of nitrogens with two attached hydrogens (primary N) is 1. The third-order valence-electron chi connectivity index (χ3n) is 1.99. The largest absolute Gasteiger partial charge is 0.368 e. The summed E-state index contributed by atoms with van der Waals surface area (Å²) < 4.78 is 21.8. The van der Waals surface area contributed by atoms with E-state index in [-0.39, 0.29) is 11.7 Å². The fourth-order valence-corrected chi connectivity index (χ4v) is 1.88. The van der Waals surface area contributed by atoms with Crippen molar-refractivity contribution in [2.75, 3.05) is 29.6 Å². The fourth-order valence-electron chi connectivity index (χ4n) is 1.21. The number of nitrogen functional groups attached to an aromatic ring is 1. The maximum Gasteiger partial charge on any atom is 0.227 e. The first-order valence-electron chi connectivity index (χ1n) is 5.32. The van der Waals surface area contributed by atoms with E-state index in [1.54, 1.807) is 0 Å². The van der Waals surface area contributed by atoms with Gasteiger partial charge in [0.2, 0.25) is 11.9 Å². The molecule has 3 N–H and O–H groups in total. The van der Waals surface area contributed by atoms with Crippen LogP contribution in [0.1, 0.15) is 19.2 Å². The molecule has 0 fully saturated rings. The van der Waals surface area contributed by atoms with Crippen molar-refractivity contribution in [3.05, 3.63) is 5.82 Å². The highest BCUT2D eigenvalue weighted by Gasteiger charge is 2.04. The number of aromatic nitrogens is 3. The lowest BCUT2D eigenvalue weighted by Gasteiger charge is -2.05. The molecule has 0 saturated carbocycles. The van der Waals surface area contributed by atoms with Crippen LogP contribution in [0.4, 0.5) is 11.9 Å². The van der Waals surface area contributed by atoms with Crippen LogP contribution in [0.3, 0.4) is 0 Å². The van der Waals surface area contributed by atoms with Crippen molar-refractivity contribution in [3.8, 4) is 0 Å². The van der Waals surface area contributed by atoms with Crippen LogP contribution in [-0.2, 0) is 16.3 Å². The Morgan fingerprint density at radius 3 is 2.59 bits per heavy atom. The predicted octanol–water partition coefficient (Wildman–Crippen LogP) is -0.137. The molecule has 0 aliphatic heterocycles. The van der Waals surface area contributed by atoms with E-state index < -0.39 is 9.84 Å². The number of nitrogens with one attached hydrogen (secondary N) is 1. The topological polar surface area (TPSA) is 111 Å². The molecule has 1 heterocycles. The number of anilines is 2. The molecule has 0 bridgehead atoms. The van der Waals surface area contributed by atoms with Gasteiger partial charge in [-0.25, -0.2) is 8.42 Å². The summed E-state index contributed by atoms with van der Waals surface area (Å²) in [7, 11) is -2.92. The van der Waals surface area contributed by atoms with Crippen molar-refractivity contribution < 1.29 is 8.42 Å². The number of hydrogen-bond donors (Lipinski definition) is 2. The summed E-state index contributed by atoms with van der Waals surface area (Å²) in [6.45, 7) is 2.40. The molecule has 0 aliphatic carbocycles. The minimum Gasteiger partial charge on any atom is -0.368 e. The third kappa shape index (κ3) is 5.43. The van der Waals surface area contributed by atoms with Gasteiger partial charge in [-0.2, -0.15) is 15.0 Å². The first kappa shape index (κ1) is 13.6. The van der Waals surface area contributed by atoms with Gasteiger partial charge in [-0.3, -0.25) is 0 Å². The molecule has 1 aromatic heterocycles. The van der Waals surface area contributed by atoms with E-state index in [1.165, 1.54) is 6.26 Å². The summed E-state index contributed by atoms with van der Waals surface area (Å²) >= 11 is 0. The zero-order valence-corrected chi connectivity index (χ0v) is 10.8. The van der Waals surface area contributed by atoms with E-state index in [9.17, 15) is 8.42 Å². The summed E-state index contributed by atoms with van der Waals surface area (Å²) in [5, 5.41) is 2.93. The normalized spacial score (nSPS) is 11.4. The molecule has 0 unspecified atom stereocenters. The summed E-state index contributed by atoms with van der Waals surface area (Å²) in [5.74, 6) is 1.31. The highest BCUT2D eigenvalue weighted by molar-refractivity contribution is 7.90. The Hall–Kier alpha value is -1.44. The van der Waals surface area contributed by atoms with E-state index in [4.69, 9.17) is 5.73 Å². The molecule has 17 heavy (non-hydrogen) atoms. The third-order valence-corrected chi connectivity index (χ3v) is 3.02. The zero-order valence-electron chi connectivity index (χ0n) is 9.97. The van der Waals surface area contributed by atoms with Gasteiger partial charge in [0.25, 0.3) is 0 Å². The minimum atomic E-state index is -2.92. The molecule has 0 radical (unpaired) electrons. The number of sulfone groups is 1. The molecule has 0 aliphatic rings. The summed E-state index contributed by atoms with van der Waals surface area (Å²) in [6, 6.07) is 0. The van der Waals surface area contributed by atoms with Gasteiger partial charge in [0, 0.05) is 19.2 Å². The van der Waals surface area contributed by atoms with Crippen molar-refractivity contribution in [2.45, 2.75) is 19.8 Å². The van der Waals surface area contributed by atoms with Gasteiger partial charge < -0.3 is 11.1 Å². The number of aryl methyl sites for hydroxylation is 1. The SMILES string of the molecule is CCc1nc(N)nc(NCCCS(C)(=O)=O)n1. The van der Waals surface area contributed by atoms with Crippen LogP contribution < -0.4 is 11.1 Å². The average Bonchev–Trinajstić information content (AvgIpc) is 2.22. The molecule has 8 heteroatoms. The van der Waals surface area contributed by atoms with Crippen molar-refractivity contribution in [2.24, 2.45) is 0 Å². The standard InChI is InChI=1S/C9H17N5O2S/c1-3-7-12-8(10)14-9(13-7)11-5-4-6-17(2,15)16/h3-6H2,1-2H3,(H3,10,11,12,13,14). The van der Waals surface area contributed by atoms with E-state index >= 15 is 0 Å². The van der Waals surface area contributed by atoms with Crippen LogP contribution in [-0.4, -0.2) is 41.9 Å². The lowest BCUT2D eigenvalue weighted by Crippen LogP contribution is -2.13. The molecule has 0 aromatic carbocycles. The zero-order chi connectivity index (χ0) is 12.9. The Balaban J connectivity index is 2.49. The van der Waals surface area contributed by atoms with Crippen molar-refractivity contribution in [3.63, 3.8) is 0 Å². The second kappa shape index (κ2) is 5.76. The van der Waals surface area contributed by atoms with Gasteiger partial charge in [-0.05, 0) is 6.42 Å². The van der Waals surface area contributed by atoms with Gasteiger partial charge in [0.15, 0.2) is 0 Å². The van der Waals surface area contributed by atoms with Crippen LogP contribution >= 0.6 is 0 Å². The number of nitrogens with zero attached hydrogens (tertiary/aromatic N) is 3. The van der Waals surface area contributed by atoms with Gasteiger partial charge >= 0.3 is 0 Å². The van der Waals surface area contributed by atoms with Gasteiger partial charge in [-0.15, -0.1) is 0 Å². The highest BCUT2D eigenvalue weighted by atomic mass is 32.2. The fraction of sp³-hybridized carbons (Fsp3) is 0.667. The summed E-state index contributed by atoms with van der Waals surface area (Å²) in [5.41, 5.74) is 5.51. The minimum absolute atomic E-state index is 0.140. The van der Waals surface area contributed by atoms with Gasteiger partial charge in [0.1, 0.15) is 15.7 Å². The predicted molar refractivity (Wildman–Crippen MR) is 66.4 cm³/mol. The van der Waals surface area contributed by atoms with Crippen LogP contribution in [0.15, 0.2) is 0 Å². The summed E-state index contributed by atoms with van der Waals surface area (Å²) in [6.07, 6.45) is 2.39. The first-order valence-corrected chi connectivity index (χ1v) is 7.39. The van der Waals surface area contributed by atoms with E-state index in [2.05, 4.69) is 20.3 Å². The molecule has 1 aromatic rings. The second-order valence-electron chi connectivity index (χ2n) is 3.70. The second-order valence-corrected chi connectivity index (χ2v) is 5.96. The lowest BCUT2D eigenvalue weighted by atomic mass is 10.4. The quantitative estimate of drug-likeness (QED) is 0.684. The molecule has 1 rings (SSSR count). The van der Waals surface area contributed by atoms with E-state index in [1.807, 2.05) is 6.92 Å². The molecule has 96 valence electrons. The molecular weight excluding hydrogens is 242 g/mol. The molecule has 0 saturated heterocycles. The van der Waals surface area contributed by atoms with Crippen LogP contribution in [0.25, 0.3) is 0 Å². The Morgan fingerprint density at radius 1 is 1.29 bits per heavy atom. The highest BCUT2D eigenvalue weighted by Crippen LogP contribution is 2.03. The molecule has 0 spiro atoms. The van der Waals surface area contributed by atoms with Gasteiger partial charge in [-0.1, -0.05) is 6.92 Å². The molecule has 7 nitrogen and oxygen atoms in total. The summed E-state index contributed by atoms with van der Waals surface area (Å²) in [4.78, 5) is 12.0. The van der Waals surface area contributed by atoms with Gasteiger partial charge in [0.05, 0.1) is 5.75 Å². The maximum absolute atomic E-state index is 10.9. The van der Waals surface area contributed by atoms with Crippen LogP contribution in [0.2, 0.25) is 0 Å². The number of rotatable bonds is 6. The Kier molecular flexibility index (Phi) is 4.62. The van der Waals surface area contributed by atoms with Crippen LogP contribution in [0.5, 0.6) is 0 Å². The average molecular weight is 259 g/mol. The lowest BCUT2D eigenvalue weighted by molar-refractivity contribution is 0.600. The molecule has 0 amide bonds. The van der Waals surface area contributed by atoms with E-state index in [0.717, 1.165) is 0 Å². The van der Waals surface area contributed by atoms with Crippen molar-refractivity contribution >= 4 is 21.7 Å². The molecular formula is C9H17N5O2S. The van der Waals surface area contributed by atoms with Crippen LogP contribution in [0, 0.1) is 0 Å². The first-order chi connectivity index (χ1) is 7.90. The Morgan fingerprint density at radius 2 is 2.00 bits per heavy atom. The van der Waals surface area contributed by atoms with Crippen molar-refractivity contribution in [1.82, 2.24) is 15.0 Å². The Bertz CT molecular complexity index is 474. The number of hydrogen-bond acceptors (Lipinski definition) is 7. The molecule has 0 atom stereocenters. The Labute approximate surface area is 101 Å². The maximum atomic E-state index is 10.9. The van der Waals surface area contributed by atoms with Crippen molar-refractivity contribution in [1.29, 1.82) is 0 Å². The monoisotopic (exact) mass is 259 g/mol. The van der Waals surface area contributed by atoms with E-state index in [0.29, 0.717) is 31.2 Å².